The molecule has 5 rings (SSSR count). The first-order valence-electron chi connectivity index (χ1n) is 10.0. The molecule has 6 heteroatoms. The molecule has 0 saturated heterocycles. The summed E-state index contributed by atoms with van der Waals surface area (Å²) >= 11 is 0. The molecular weight excluding hydrogens is 364 g/mol. The van der Waals surface area contributed by atoms with Crippen LogP contribution in [0.25, 0.3) is 28.0 Å². The monoisotopic (exact) mass is 386 g/mol. The van der Waals surface area contributed by atoms with Crippen molar-refractivity contribution in [2.75, 3.05) is 0 Å². The van der Waals surface area contributed by atoms with E-state index in [0.29, 0.717) is 12.1 Å². The minimum atomic E-state index is -0.540. The molecule has 0 spiro atoms. The molecule has 0 radical (unpaired) electrons. The van der Waals surface area contributed by atoms with Gasteiger partial charge in [0.25, 0.3) is 5.56 Å². The zero-order chi connectivity index (χ0) is 19.8. The number of benzene rings is 1. The molecule has 6 nitrogen and oxygen atoms in total. The fourth-order valence-electron chi connectivity index (χ4n) is 4.22. The van der Waals surface area contributed by atoms with E-state index in [-0.39, 0.29) is 11.6 Å². The van der Waals surface area contributed by atoms with Crippen LogP contribution < -0.4 is 5.56 Å². The lowest BCUT2D eigenvalue weighted by Gasteiger charge is -2.28. The Kier molecular flexibility index (Phi) is 4.48. The van der Waals surface area contributed by atoms with Gasteiger partial charge in [-0.25, -0.2) is 9.20 Å². The average molecular weight is 386 g/mol. The topological polar surface area (TPSA) is 72.4 Å². The third kappa shape index (κ3) is 3.15. The average Bonchev–Trinajstić information content (AvgIpc) is 3.15. The maximum atomic E-state index is 12.6. The summed E-state index contributed by atoms with van der Waals surface area (Å²) in [7, 11) is 0. The number of nitrogens with zero attached hydrogens (tertiary/aromatic N) is 4. The Balaban J connectivity index is 1.72. The van der Waals surface area contributed by atoms with Crippen LogP contribution in [-0.4, -0.2) is 30.6 Å². The molecule has 0 amide bonds. The van der Waals surface area contributed by atoms with Gasteiger partial charge in [-0.2, -0.15) is 10.2 Å². The number of hydrogen-bond acceptors (Lipinski definition) is 4. The molecule has 2 atom stereocenters. The fraction of sp³-hybridized carbons (Fsp3) is 0.261. The Morgan fingerprint density at radius 2 is 1.69 bits per heavy atom. The van der Waals surface area contributed by atoms with E-state index in [4.69, 9.17) is 10.2 Å². The lowest BCUT2D eigenvalue weighted by atomic mass is 9.93. The third-order valence-corrected chi connectivity index (χ3v) is 5.68. The van der Waals surface area contributed by atoms with E-state index in [1.54, 1.807) is 12.1 Å². The van der Waals surface area contributed by atoms with Crippen molar-refractivity contribution in [2.45, 2.75) is 37.8 Å². The van der Waals surface area contributed by atoms with Gasteiger partial charge in [0.1, 0.15) is 5.69 Å². The molecule has 0 aliphatic heterocycles. The molecule has 4 aromatic rings. The molecule has 29 heavy (non-hydrogen) atoms. The molecule has 1 aromatic carbocycles. The quantitative estimate of drug-likeness (QED) is 0.583. The molecule has 0 unspecified atom stereocenters. The number of aliphatic hydroxyl groups is 1. The summed E-state index contributed by atoms with van der Waals surface area (Å²) in [5, 5.41) is 20.0. The summed E-state index contributed by atoms with van der Waals surface area (Å²) in [5.74, 6) is 0. The number of fused-ring (bicyclic) bond motifs is 1. The van der Waals surface area contributed by atoms with Gasteiger partial charge in [-0.3, -0.25) is 4.79 Å². The fourth-order valence-corrected chi connectivity index (χ4v) is 4.22. The van der Waals surface area contributed by atoms with E-state index >= 15 is 0 Å². The Labute approximate surface area is 168 Å². The molecular formula is C23H22N4O2. The highest BCUT2D eigenvalue weighted by Gasteiger charge is 2.27. The molecule has 0 bridgehead atoms. The molecule has 1 aliphatic carbocycles. The smallest absolute Gasteiger partial charge is 0.267 e. The van der Waals surface area contributed by atoms with Crippen molar-refractivity contribution < 1.29 is 5.11 Å². The number of aromatic nitrogens is 4. The molecule has 3 aromatic heterocycles. The molecule has 146 valence electrons. The van der Waals surface area contributed by atoms with Gasteiger partial charge >= 0.3 is 0 Å². The van der Waals surface area contributed by atoms with Gasteiger partial charge in [0.15, 0.2) is 0 Å². The lowest BCUT2D eigenvalue weighted by Crippen LogP contribution is -2.36. The van der Waals surface area contributed by atoms with E-state index in [0.717, 1.165) is 41.6 Å². The van der Waals surface area contributed by atoms with Crippen molar-refractivity contribution in [1.29, 1.82) is 0 Å². The molecule has 1 aliphatic rings. The number of rotatable bonds is 3. The van der Waals surface area contributed by atoms with Gasteiger partial charge in [-0.1, -0.05) is 49.2 Å². The van der Waals surface area contributed by atoms with Crippen molar-refractivity contribution in [1.82, 2.24) is 19.4 Å². The highest BCUT2D eigenvalue weighted by molar-refractivity contribution is 5.90. The van der Waals surface area contributed by atoms with Crippen molar-refractivity contribution in [3.63, 3.8) is 0 Å². The van der Waals surface area contributed by atoms with Gasteiger partial charge in [0.2, 0.25) is 0 Å². The van der Waals surface area contributed by atoms with Crippen molar-refractivity contribution in [3.8, 4) is 22.5 Å². The first-order valence-corrected chi connectivity index (χ1v) is 10.0. The highest BCUT2D eigenvalue weighted by atomic mass is 16.3. The van der Waals surface area contributed by atoms with Crippen LogP contribution in [-0.2, 0) is 0 Å². The second-order valence-electron chi connectivity index (χ2n) is 7.54. The zero-order valence-electron chi connectivity index (χ0n) is 16.0. The highest BCUT2D eigenvalue weighted by Crippen LogP contribution is 2.34. The summed E-state index contributed by atoms with van der Waals surface area (Å²) in [6.07, 6.45) is 4.81. The van der Waals surface area contributed by atoms with Gasteiger partial charge in [0.05, 0.1) is 28.9 Å². The third-order valence-electron chi connectivity index (χ3n) is 5.68. The van der Waals surface area contributed by atoms with Crippen molar-refractivity contribution in [3.05, 3.63) is 77.2 Å². The van der Waals surface area contributed by atoms with Gasteiger partial charge < -0.3 is 5.11 Å². The van der Waals surface area contributed by atoms with Crippen LogP contribution in [0.5, 0.6) is 0 Å². The van der Waals surface area contributed by atoms with E-state index < -0.39 is 6.10 Å². The van der Waals surface area contributed by atoms with E-state index in [1.807, 2.05) is 59.2 Å². The summed E-state index contributed by atoms with van der Waals surface area (Å²) in [4.78, 5) is 12.6. The Bertz CT molecular complexity index is 1210. The van der Waals surface area contributed by atoms with Crippen LogP contribution in [0.1, 0.15) is 31.7 Å². The van der Waals surface area contributed by atoms with Crippen LogP contribution in [0.15, 0.2) is 71.7 Å². The molecule has 1 saturated carbocycles. The Morgan fingerprint density at radius 1 is 0.897 bits per heavy atom. The number of hydrogen-bond donors (Lipinski definition) is 1. The SMILES string of the molecule is O=c1ccc(-c2c(-c3ccccc3)nn3ccccc23)nn1[C@@H]1CCCC[C@@H]1O. The predicted molar refractivity (Wildman–Crippen MR) is 112 cm³/mol. The maximum absolute atomic E-state index is 12.6. The van der Waals surface area contributed by atoms with Crippen LogP contribution in [0.3, 0.4) is 0 Å². The zero-order valence-corrected chi connectivity index (χ0v) is 16.0. The Hall–Kier alpha value is -3.25. The summed E-state index contributed by atoms with van der Waals surface area (Å²) in [6, 6.07) is 18.9. The van der Waals surface area contributed by atoms with E-state index in [1.165, 1.54) is 4.68 Å². The van der Waals surface area contributed by atoms with E-state index in [2.05, 4.69) is 0 Å². The minimum Gasteiger partial charge on any atom is -0.391 e. The largest absolute Gasteiger partial charge is 0.391 e. The van der Waals surface area contributed by atoms with Gasteiger partial charge in [-0.15, -0.1) is 0 Å². The van der Waals surface area contributed by atoms with Crippen LogP contribution in [0.2, 0.25) is 0 Å². The van der Waals surface area contributed by atoms with Gasteiger partial charge in [-0.05, 0) is 31.0 Å². The summed E-state index contributed by atoms with van der Waals surface area (Å²) in [5.41, 5.74) is 4.12. The van der Waals surface area contributed by atoms with E-state index in [9.17, 15) is 9.90 Å². The Morgan fingerprint density at radius 3 is 2.52 bits per heavy atom. The summed E-state index contributed by atoms with van der Waals surface area (Å²) in [6.45, 7) is 0. The first-order chi connectivity index (χ1) is 14.2. The molecule has 3 heterocycles. The standard InChI is InChI=1S/C23H22N4O2/c28-20-12-5-4-10-18(20)27-21(29)14-13-17(24-27)22-19-11-6-7-15-26(19)25-23(22)16-8-2-1-3-9-16/h1-3,6-9,11,13-15,18,20,28H,4-5,10,12H2/t18-,20+/m1/s1. The first kappa shape index (κ1) is 17.8. The van der Waals surface area contributed by atoms with Crippen LogP contribution in [0, 0.1) is 0 Å². The van der Waals surface area contributed by atoms with Crippen molar-refractivity contribution >= 4 is 5.52 Å². The molecule has 1 fully saturated rings. The van der Waals surface area contributed by atoms with Gasteiger partial charge in [0, 0.05) is 17.8 Å². The van der Waals surface area contributed by atoms with Crippen LogP contribution >= 0.6 is 0 Å². The summed E-state index contributed by atoms with van der Waals surface area (Å²) < 4.78 is 3.31. The normalized spacial score (nSPS) is 19.5. The maximum Gasteiger partial charge on any atom is 0.267 e. The predicted octanol–water partition coefficient (Wildman–Crippen LogP) is 3.70. The van der Waals surface area contributed by atoms with Crippen molar-refractivity contribution in [2.24, 2.45) is 0 Å². The second kappa shape index (κ2) is 7.29. The number of pyridine rings is 1. The number of aliphatic hydroxyl groups excluding tert-OH is 1. The minimum absolute atomic E-state index is 0.183. The second-order valence-corrected chi connectivity index (χ2v) is 7.54. The lowest BCUT2D eigenvalue weighted by molar-refractivity contribution is 0.0670. The molecule has 1 N–H and O–H groups in total. The van der Waals surface area contributed by atoms with Crippen LogP contribution in [0.4, 0.5) is 0 Å².